The Kier molecular flexibility index (Phi) is 3.31. The maximum Gasteiger partial charge on any atom is 0.112 e. The highest BCUT2D eigenvalue weighted by molar-refractivity contribution is 5.77. The monoisotopic (exact) mass is 257 g/mol. The van der Waals surface area contributed by atoms with Gasteiger partial charge in [0.25, 0.3) is 0 Å². The van der Waals surface area contributed by atoms with Crippen LogP contribution in [0.1, 0.15) is 44.0 Å². The van der Waals surface area contributed by atoms with Gasteiger partial charge in [-0.2, -0.15) is 0 Å². The van der Waals surface area contributed by atoms with E-state index in [1.807, 2.05) is 0 Å². The van der Waals surface area contributed by atoms with Crippen LogP contribution in [-0.2, 0) is 13.5 Å². The highest BCUT2D eigenvalue weighted by Gasteiger charge is 2.28. The first-order chi connectivity index (χ1) is 9.15. The normalized spacial score (nSPS) is 15.6. The fraction of sp³-hybridized carbons (Fsp3) is 0.562. The van der Waals surface area contributed by atoms with Crippen molar-refractivity contribution in [2.45, 2.75) is 45.1 Å². The number of nitrogens with one attached hydrogen (secondary N) is 1. The summed E-state index contributed by atoms with van der Waals surface area (Å²) in [6, 6.07) is 7.27. The van der Waals surface area contributed by atoms with Crippen molar-refractivity contribution in [1.82, 2.24) is 14.9 Å². The van der Waals surface area contributed by atoms with Crippen LogP contribution < -0.4 is 5.32 Å². The van der Waals surface area contributed by atoms with Crippen molar-refractivity contribution in [3.8, 4) is 0 Å². The Labute approximate surface area is 115 Å². The van der Waals surface area contributed by atoms with E-state index < -0.39 is 0 Å². The summed E-state index contributed by atoms with van der Waals surface area (Å²) >= 11 is 0. The summed E-state index contributed by atoms with van der Waals surface area (Å²) < 4.78 is 2.27. The molecule has 0 aliphatic heterocycles. The van der Waals surface area contributed by atoms with Gasteiger partial charge in [0, 0.05) is 19.0 Å². The third-order valence-corrected chi connectivity index (χ3v) is 3.89. The lowest BCUT2D eigenvalue weighted by atomic mass is 10.1. The topological polar surface area (TPSA) is 29.9 Å². The van der Waals surface area contributed by atoms with Gasteiger partial charge < -0.3 is 9.88 Å². The minimum absolute atomic E-state index is 0.556. The lowest BCUT2D eigenvalue weighted by Crippen LogP contribution is -2.24. The number of benzene rings is 1. The summed E-state index contributed by atoms with van der Waals surface area (Å²) in [4.78, 5) is 4.82. The van der Waals surface area contributed by atoms with E-state index in [4.69, 9.17) is 4.98 Å². The molecule has 1 saturated carbocycles. The van der Waals surface area contributed by atoms with Crippen molar-refractivity contribution in [1.29, 1.82) is 0 Å². The van der Waals surface area contributed by atoms with Crippen LogP contribution in [0.15, 0.2) is 18.2 Å². The van der Waals surface area contributed by atoms with E-state index in [9.17, 15) is 0 Å². The molecule has 102 valence electrons. The molecule has 1 fully saturated rings. The van der Waals surface area contributed by atoms with Gasteiger partial charge in [0.05, 0.1) is 11.0 Å². The Hall–Kier alpha value is -1.35. The van der Waals surface area contributed by atoms with Gasteiger partial charge in [-0.25, -0.2) is 4.98 Å². The molecule has 1 heterocycles. The van der Waals surface area contributed by atoms with Crippen molar-refractivity contribution in [3.63, 3.8) is 0 Å². The molecular weight excluding hydrogens is 234 g/mol. The smallest absolute Gasteiger partial charge is 0.112 e. The first kappa shape index (κ1) is 12.7. The molecule has 0 saturated heterocycles. The fourth-order valence-corrected chi connectivity index (χ4v) is 2.63. The molecule has 1 aliphatic carbocycles. The van der Waals surface area contributed by atoms with Gasteiger partial charge in [0.2, 0.25) is 0 Å². The van der Waals surface area contributed by atoms with E-state index in [0.717, 1.165) is 18.5 Å². The molecule has 3 nitrogen and oxygen atoms in total. The van der Waals surface area contributed by atoms with E-state index in [1.54, 1.807) is 0 Å². The standard InChI is InChI=1S/C16H23N3/c1-11(2)17-9-8-12-4-7-15-14(10-12)18-16(19(15)3)13-5-6-13/h4,7,10-11,13,17H,5-6,8-9H2,1-3H3. The first-order valence-electron chi connectivity index (χ1n) is 7.34. The molecule has 0 amide bonds. The molecular formula is C16H23N3. The third-order valence-electron chi connectivity index (χ3n) is 3.89. The van der Waals surface area contributed by atoms with Gasteiger partial charge in [0.15, 0.2) is 0 Å². The number of aromatic nitrogens is 2. The number of rotatable bonds is 5. The quantitative estimate of drug-likeness (QED) is 0.892. The molecule has 1 aromatic heterocycles. The zero-order chi connectivity index (χ0) is 13.4. The Bertz CT molecular complexity index is 579. The largest absolute Gasteiger partial charge is 0.331 e. The molecule has 19 heavy (non-hydrogen) atoms. The van der Waals surface area contributed by atoms with Crippen LogP contribution in [-0.4, -0.2) is 22.1 Å². The van der Waals surface area contributed by atoms with Crippen molar-refractivity contribution < 1.29 is 0 Å². The number of aryl methyl sites for hydroxylation is 1. The van der Waals surface area contributed by atoms with Crippen LogP contribution in [0.3, 0.4) is 0 Å². The van der Waals surface area contributed by atoms with Crippen molar-refractivity contribution in [3.05, 3.63) is 29.6 Å². The van der Waals surface area contributed by atoms with Gasteiger partial charge in [0.1, 0.15) is 5.82 Å². The van der Waals surface area contributed by atoms with E-state index in [2.05, 4.69) is 49.0 Å². The summed E-state index contributed by atoms with van der Waals surface area (Å²) in [5, 5.41) is 3.46. The lowest BCUT2D eigenvalue weighted by Gasteiger charge is -2.07. The molecule has 3 rings (SSSR count). The van der Waals surface area contributed by atoms with E-state index in [1.165, 1.54) is 29.7 Å². The van der Waals surface area contributed by atoms with Gasteiger partial charge in [-0.05, 0) is 43.5 Å². The highest BCUT2D eigenvalue weighted by Crippen LogP contribution is 2.40. The Morgan fingerprint density at radius 1 is 1.37 bits per heavy atom. The average Bonchev–Trinajstić information content (AvgIpc) is 3.15. The number of fused-ring (bicyclic) bond motifs is 1. The van der Waals surface area contributed by atoms with Gasteiger partial charge in [-0.3, -0.25) is 0 Å². The second kappa shape index (κ2) is 4.97. The summed E-state index contributed by atoms with van der Waals surface area (Å²) in [6.45, 7) is 5.40. The predicted octanol–water partition coefficient (Wildman–Crippen LogP) is 2.99. The SMILES string of the molecule is CC(C)NCCc1ccc2c(c1)nc(C1CC1)n2C. The average molecular weight is 257 g/mol. The number of hydrogen-bond acceptors (Lipinski definition) is 2. The second-order valence-corrected chi connectivity index (χ2v) is 5.99. The molecule has 1 aromatic carbocycles. The van der Waals surface area contributed by atoms with Crippen LogP contribution in [0.25, 0.3) is 11.0 Å². The van der Waals surface area contributed by atoms with Crippen LogP contribution in [0.2, 0.25) is 0 Å². The minimum Gasteiger partial charge on any atom is -0.331 e. The molecule has 0 atom stereocenters. The zero-order valence-electron chi connectivity index (χ0n) is 12.1. The van der Waals surface area contributed by atoms with Crippen molar-refractivity contribution >= 4 is 11.0 Å². The van der Waals surface area contributed by atoms with Crippen molar-refractivity contribution in [2.24, 2.45) is 7.05 Å². The second-order valence-electron chi connectivity index (χ2n) is 5.99. The summed E-state index contributed by atoms with van der Waals surface area (Å²) in [7, 11) is 2.14. The number of hydrogen-bond donors (Lipinski definition) is 1. The Balaban J connectivity index is 1.80. The Morgan fingerprint density at radius 2 is 2.16 bits per heavy atom. The third kappa shape index (κ3) is 2.66. The van der Waals surface area contributed by atoms with Crippen LogP contribution in [0.5, 0.6) is 0 Å². The number of nitrogens with zero attached hydrogens (tertiary/aromatic N) is 2. The number of imidazole rings is 1. The molecule has 1 aliphatic rings. The van der Waals surface area contributed by atoms with E-state index in [-0.39, 0.29) is 0 Å². The van der Waals surface area contributed by atoms with Crippen molar-refractivity contribution in [2.75, 3.05) is 6.54 Å². The maximum atomic E-state index is 4.82. The van der Waals surface area contributed by atoms with Crippen LogP contribution in [0, 0.1) is 0 Å². The lowest BCUT2D eigenvalue weighted by molar-refractivity contribution is 0.590. The summed E-state index contributed by atoms with van der Waals surface area (Å²) in [6.07, 6.45) is 3.69. The molecule has 1 N–H and O–H groups in total. The highest BCUT2D eigenvalue weighted by atomic mass is 15.1. The zero-order valence-corrected chi connectivity index (χ0v) is 12.1. The molecule has 2 aromatic rings. The maximum absolute atomic E-state index is 4.82. The van der Waals surface area contributed by atoms with Gasteiger partial charge >= 0.3 is 0 Å². The van der Waals surface area contributed by atoms with E-state index in [0.29, 0.717) is 12.0 Å². The molecule has 0 radical (unpaired) electrons. The Morgan fingerprint density at radius 3 is 2.84 bits per heavy atom. The first-order valence-corrected chi connectivity index (χ1v) is 7.34. The van der Waals surface area contributed by atoms with Gasteiger partial charge in [-0.15, -0.1) is 0 Å². The molecule has 0 unspecified atom stereocenters. The summed E-state index contributed by atoms with van der Waals surface area (Å²) in [5.74, 6) is 1.98. The summed E-state index contributed by atoms with van der Waals surface area (Å²) in [5.41, 5.74) is 3.80. The molecule has 3 heteroatoms. The van der Waals surface area contributed by atoms with E-state index >= 15 is 0 Å². The minimum atomic E-state index is 0.556. The van der Waals surface area contributed by atoms with Gasteiger partial charge in [-0.1, -0.05) is 19.9 Å². The molecule has 0 bridgehead atoms. The predicted molar refractivity (Wildman–Crippen MR) is 79.5 cm³/mol. The van der Waals surface area contributed by atoms with Crippen LogP contribution in [0.4, 0.5) is 0 Å². The van der Waals surface area contributed by atoms with Crippen LogP contribution >= 0.6 is 0 Å². The molecule has 0 spiro atoms. The fourth-order valence-electron chi connectivity index (χ4n) is 2.63.